The van der Waals surface area contributed by atoms with Crippen molar-refractivity contribution < 1.29 is 23.8 Å². The summed E-state index contributed by atoms with van der Waals surface area (Å²) >= 11 is 0. The Hall–Kier alpha value is -3.08. The van der Waals surface area contributed by atoms with E-state index < -0.39 is 5.97 Å². The molecular weight excluding hydrogens is 332 g/mol. The normalized spacial score (nSPS) is 12.4. The number of ether oxygens (including phenoxy) is 3. The lowest BCUT2D eigenvalue weighted by atomic mass is 9.98. The minimum Gasteiger partial charge on any atom is -0.454 e. The average Bonchev–Trinajstić information content (AvgIpc) is 3.08. The Kier molecular flexibility index (Phi) is 5.07. The van der Waals surface area contributed by atoms with E-state index in [1.54, 1.807) is 24.3 Å². The van der Waals surface area contributed by atoms with Gasteiger partial charge in [-0.1, -0.05) is 12.1 Å². The van der Waals surface area contributed by atoms with Crippen LogP contribution in [0.1, 0.15) is 32.6 Å². The molecule has 0 N–H and O–H groups in total. The SMILES string of the molecule is Cc1cc(C)c(C(=O)COC(=O)/C=C/c2ccc3c(c2)OCO3)cc1C. The van der Waals surface area contributed by atoms with Crippen molar-refractivity contribution in [3.05, 3.63) is 64.2 Å². The lowest BCUT2D eigenvalue weighted by molar-refractivity contribution is -0.136. The van der Waals surface area contributed by atoms with E-state index >= 15 is 0 Å². The highest BCUT2D eigenvalue weighted by molar-refractivity contribution is 6.00. The lowest BCUT2D eigenvalue weighted by Crippen LogP contribution is -2.14. The van der Waals surface area contributed by atoms with E-state index in [9.17, 15) is 9.59 Å². The second-order valence-electron chi connectivity index (χ2n) is 6.23. The largest absolute Gasteiger partial charge is 0.454 e. The minimum absolute atomic E-state index is 0.199. The number of aryl methyl sites for hydroxylation is 3. The fourth-order valence-corrected chi connectivity index (χ4v) is 2.70. The van der Waals surface area contributed by atoms with Gasteiger partial charge in [0.1, 0.15) is 0 Å². The van der Waals surface area contributed by atoms with Crippen LogP contribution in [0.4, 0.5) is 0 Å². The third-order valence-corrected chi connectivity index (χ3v) is 4.30. The summed E-state index contributed by atoms with van der Waals surface area (Å²) in [6, 6.07) is 9.16. The van der Waals surface area contributed by atoms with Gasteiger partial charge in [-0.3, -0.25) is 4.79 Å². The molecule has 0 unspecified atom stereocenters. The van der Waals surface area contributed by atoms with E-state index in [1.165, 1.54) is 6.08 Å². The second kappa shape index (κ2) is 7.44. The standard InChI is InChI=1S/C21H20O5/c1-13-8-15(3)17(9-14(13)2)18(22)11-24-21(23)7-5-16-4-6-19-20(10-16)26-12-25-19/h4-10H,11-12H2,1-3H3/b7-5+. The molecule has 0 saturated carbocycles. The number of fused-ring (bicyclic) bond motifs is 1. The van der Waals surface area contributed by atoms with Crippen LogP contribution in [-0.2, 0) is 9.53 Å². The van der Waals surface area contributed by atoms with Gasteiger partial charge in [0.05, 0.1) is 0 Å². The van der Waals surface area contributed by atoms with Crippen LogP contribution in [-0.4, -0.2) is 25.2 Å². The Balaban J connectivity index is 1.58. The first-order chi connectivity index (χ1) is 12.4. The highest BCUT2D eigenvalue weighted by Gasteiger charge is 2.14. The Morgan fingerprint density at radius 3 is 2.54 bits per heavy atom. The molecule has 1 heterocycles. The predicted molar refractivity (Wildman–Crippen MR) is 97.5 cm³/mol. The zero-order chi connectivity index (χ0) is 18.7. The Labute approximate surface area is 152 Å². The molecule has 0 bridgehead atoms. The summed E-state index contributed by atoms with van der Waals surface area (Å²) in [6.45, 7) is 5.74. The molecule has 1 aliphatic heterocycles. The van der Waals surface area contributed by atoms with E-state index in [1.807, 2.05) is 32.9 Å². The summed E-state index contributed by atoms with van der Waals surface area (Å²) in [5.74, 6) is 0.535. The summed E-state index contributed by atoms with van der Waals surface area (Å²) in [7, 11) is 0. The number of Topliss-reactive ketones (excluding diaryl/α,β-unsaturated/α-hetero) is 1. The van der Waals surface area contributed by atoms with E-state index in [0.29, 0.717) is 17.1 Å². The topological polar surface area (TPSA) is 61.8 Å². The zero-order valence-corrected chi connectivity index (χ0v) is 15.0. The van der Waals surface area contributed by atoms with Gasteiger partial charge in [-0.2, -0.15) is 0 Å². The quantitative estimate of drug-likeness (QED) is 0.466. The average molecular weight is 352 g/mol. The van der Waals surface area contributed by atoms with Crippen LogP contribution in [0.3, 0.4) is 0 Å². The summed E-state index contributed by atoms with van der Waals surface area (Å²) < 4.78 is 15.6. The van der Waals surface area contributed by atoms with Crippen LogP contribution in [0, 0.1) is 20.8 Å². The number of hydrogen-bond donors (Lipinski definition) is 0. The van der Waals surface area contributed by atoms with Crippen molar-refractivity contribution in [1.29, 1.82) is 0 Å². The van der Waals surface area contributed by atoms with Crippen LogP contribution in [0.2, 0.25) is 0 Å². The number of carbonyl (C=O) groups excluding carboxylic acids is 2. The van der Waals surface area contributed by atoms with Crippen molar-refractivity contribution in [3.8, 4) is 11.5 Å². The van der Waals surface area contributed by atoms with Gasteiger partial charge in [-0.05, 0) is 67.3 Å². The molecule has 0 fully saturated rings. The van der Waals surface area contributed by atoms with E-state index in [-0.39, 0.29) is 19.2 Å². The molecule has 0 spiro atoms. The molecule has 1 aliphatic rings. The minimum atomic E-state index is -0.572. The summed E-state index contributed by atoms with van der Waals surface area (Å²) in [4.78, 5) is 24.2. The van der Waals surface area contributed by atoms with Crippen molar-refractivity contribution >= 4 is 17.8 Å². The maximum atomic E-state index is 12.3. The monoisotopic (exact) mass is 352 g/mol. The lowest BCUT2D eigenvalue weighted by Gasteiger charge is -2.09. The van der Waals surface area contributed by atoms with Crippen molar-refractivity contribution in [1.82, 2.24) is 0 Å². The van der Waals surface area contributed by atoms with Crippen LogP contribution >= 0.6 is 0 Å². The van der Waals surface area contributed by atoms with Crippen LogP contribution in [0.15, 0.2) is 36.4 Å². The third kappa shape index (κ3) is 3.94. The van der Waals surface area contributed by atoms with Gasteiger partial charge in [0.25, 0.3) is 0 Å². The molecular formula is C21H20O5. The molecule has 2 aromatic carbocycles. The summed E-state index contributed by atoms with van der Waals surface area (Å²) in [5, 5.41) is 0. The molecule has 134 valence electrons. The van der Waals surface area contributed by atoms with Gasteiger partial charge >= 0.3 is 5.97 Å². The van der Waals surface area contributed by atoms with Crippen LogP contribution < -0.4 is 9.47 Å². The third-order valence-electron chi connectivity index (χ3n) is 4.30. The number of rotatable bonds is 5. The number of ketones is 1. The van der Waals surface area contributed by atoms with Gasteiger partial charge < -0.3 is 14.2 Å². The molecule has 2 aromatic rings. The zero-order valence-electron chi connectivity index (χ0n) is 15.0. The molecule has 0 aromatic heterocycles. The molecule has 5 heteroatoms. The van der Waals surface area contributed by atoms with E-state index in [0.717, 1.165) is 22.3 Å². The van der Waals surface area contributed by atoms with Gasteiger partial charge in [-0.15, -0.1) is 0 Å². The first kappa shape index (κ1) is 17.7. The maximum Gasteiger partial charge on any atom is 0.331 e. The highest BCUT2D eigenvalue weighted by atomic mass is 16.7. The van der Waals surface area contributed by atoms with Gasteiger partial charge in [0.2, 0.25) is 12.6 Å². The molecule has 26 heavy (non-hydrogen) atoms. The van der Waals surface area contributed by atoms with Crippen molar-refractivity contribution in [3.63, 3.8) is 0 Å². The van der Waals surface area contributed by atoms with E-state index in [2.05, 4.69) is 0 Å². The van der Waals surface area contributed by atoms with Crippen molar-refractivity contribution in [2.24, 2.45) is 0 Å². The van der Waals surface area contributed by atoms with Crippen molar-refractivity contribution in [2.45, 2.75) is 20.8 Å². The second-order valence-corrected chi connectivity index (χ2v) is 6.23. The highest BCUT2D eigenvalue weighted by Crippen LogP contribution is 2.32. The Morgan fingerprint density at radius 1 is 1.00 bits per heavy atom. The van der Waals surface area contributed by atoms with Gasteiger partial charge in [0.15, 0.2) is 18.1 Å². The first-order valence-electron chi connectivity index (χ1n) is 8.29. The fourth-order valence-electron chi connectivity index (χ4n) is 2.70. The molecule has 0 aliphatic carbocycles. The summed E-state index contributed by atoms with van der Waals surface area (Å²) in [6.07, 6.45) is 2.90. The number of hydrogen-bond acceptors (Lipinski definition) is 5. The summed E-state index contributed by atoms with van der Waals surface area (Å²) in [5.41, 5.74) is 4.41. The number of esters is 1. The Morgan fingerprint density at radius 2 is 1.73 bits per heavy atom. The van der Waals surface area contributed by atoms with E-state index in [4.69, 9.17) is 14.2 Å². The molecule has 0 radical (unpaired) electrons. The van der Waals surface area contributed by atoms with Crippen LogP contribution in [0.5, 0.6) is 11.5 Å². The maximum absolute atomic E-state index is 12.3. The van der Waals surface area contributed by atoms with Gasteiger partial charge in [0, 0.05) is 11.6 Å². The molecule has 0 atom stereocenters. The predicted octanol–water partition coefficient (Wildman–Crippen LogP) is 3.78. The molecule has 5 nitrogen and oxygen atoms in total. The molecule has 0 amide bonds. The Bertz CT molecular complexity index is 896. The number of carbonyl (C=O) groups is 2. The first-order valence-corrected chi connectivity index (χ1v) is 8.29. The van der Waals surface area contributed by atoms with Gasteiger partial charge in [-0.25, -0.2) is 4.79 Å². The molecule has 3 rings (SSSR count). The smallest absolute Gasteiger partial charge is 0.331 e. The fraction of sp³-hybridized carbons (Fsp3) is 0.238. The van der Waals surface area contributed by atoms with Crippen LogP contribution in [0.25, 0.3) is 6.08 Å². The van der Waals surface area contributed by atoms with Crippen molar-refractivity contribution in [2.75, 3.05) is 13.4 Å². The molecule has 0 saturated heterocycles. The number of benzene rings is 2.